The number of piperazine rings is 1. The van der Waals surface area contributed by atoms with E-state index in [9.17, 15) is 23.2 Å². The summed E-state index contributed by atoms with van der Waals surface area (Å²) in [6.45, 7) is 2.45. The van der Waals surface area contributed by atoms with Gasteiger partial charge in [-0.3, -0.25) is 24.2 Å². The number of amides is 3. The van der Waals surface area contributed by atoms with Crippen LogP contribution in [0.25, 0.3) is 5.69 Å². The summed E-state index contributed by atoms with van der Waals surface area (Å²) in [6, 6.07) is 10.1. The Kier molecular flexibility index (Phi) is 6.03. The largest absolute Gasteiger partial charge is 0.340 e. The van der Waals surface area contributed by atoms with Crippen molar-refractivity contribution in [2.24, 2.45) is 0 Å². The predicted molar refractivity (Wildman–Crippen MR) is 117 cm³/mol. The van der Waals surface area contributed by atoms with E-state index in [2.05, 4.69) is 20.4 Å². The van der Waals surface area contributed by atoms with Crippen LogP contribution in [0, 0.1) is 11.6 Å². The molecule has 2 aromatic carbocycles. The molecule has 0 atom stereocenters. The second-order valence-electron chi connectivity index (χ2n) is 8.32. The van der Waals surface area contributed by atoms with Crippen molar-refractivity contribution in [2.75, 3.05) is 32.7 Å². The Morgan fingerprint density at radius 1 is 0.914 bits per heavy atom. The highest BCUT2D eigenvalue weighted by molar-refractivity contribution is 6.21. The monoisotopic (exact) mass is 481 g/mol. The van der Waals surface area contributed by atoms with Gasteiger partial charge in [0, 0.05) is 45.2 Å². The van der Waals surface area contributed by atoms with Gasteiger partial charge in [0.05, 0.1) is 23.4 Å². The van der Waals surface area contributed by atoms with E-state index in [1.54, 1.807) is 29.2 Å². The number of hydrogen-bond donors (Lipinski definition) is 0. The molecule has 0 spiro atoms. The molecule has 3 amide bonds. The first-order valence-electron chi connectivity index (χ1n) is 11.1. The van der Waals surface area contributed by atoms with E-state index in [0.29, 0.717) is 55.4 Å². The fraction of sp³-hybridized carbons (Fsp3) is 0.304. The molecular formula is C23H21F2N7O3. The van der Waals surface area contributed by atoms with E-state index < -0.39 is 11.6 Å². The van der Waals surface area contributed by atoms with Crippen LogP contribution < -0.4 is 0 Å². The fourth-order valence-corrected chi connectivity index (χ4v) is 4.28. The third kappa shape index (κ3) is 4.39. The van der Waals surface area contributed by atoms with Crippen LogP contribution in [-0.2, 0) is 11.3 Å². The molecule has 0 saturated carbocycles. The average Bonchev–Trinajstić information content (AvgIpc) is 3.42. The zero-order valence-corrected chi connectivity index (χ0v) is 18.6. The van der Waals surface area contributed by atoms with Crippen LogP contribution in [0.3, 0.4) is 0 Å². The number of imide groups is 1. The van der Waals surface area contributed by atoms with Crippen LogP contribution >= 0.6 is 0 Å². The van der Waals surface area contributed by atoms with Crippen molar-refractivity contribution in [3.63, 3.8) is 0 Å². The molecule has 0 N–H and O–H groups in total. The molecule has 0 radical (unpaired) electrons. The van der Waals surface area contributed by atoms with Gasteiger partial charge >= 0.3 is 0 Å². The maximum Gasteiger partial charge on any atom is 0.261 e. The predicted octanol–water partition coefficient (Wildman–Crippen LogP) is 1.27. The lowest BCUT2D eigenvalue weighted by atomic mass is 10.1. The quantitative estimate of drug-likeness (QED) is 0.489. The van der Waals surface area contributed by atoms with Crippen molar-refractivity contribution >= 4 is 17.7 Å². The molecule has 1 fully saturated rings. The van der Waals surface area contributed by atoms with Crippen molar-refractivity contribution in [3.05, 3.63) is 71.1 Å². The molecule has 0 bridgehead atoms. The van der Waals surface area contributed by atoms with Crippen LogP contribution in [0.5, 0.6) is 0 Å². The molecule has 3 aromatic rings. The van der Waals surface area contributed by atoms with Gasteiger partial charge in [-0.1, -0.05) is 12.1 Å². The molecular weight excluding hydrogens is 460 g/mol. The van der Waals surface area contributed by atoms with Gasteiger partial charge in [0.1, 0.15) is 0 Å². The Labute approximate surface area is 198 Å². The third-order valence-corrected chi connectivity index (χ3v) is 6.20. The minimum absolute atomic E-state index is 0.0361. The van der Waals surface area contributed by atoms with Crippen molar-refractivity contribution in [1.29, 1.82) is 0 Å². The number of nitrogens with zero attached hydrogens (tertiary/aromatic N) is 7. The van der Waals surface area contributed by atoms with Crippen LogP contribution in [0.4, 0.5) is 8.78 Å². The maximum absolute atomic E-state index is 13.6. The number of rotatable bonds is 6. The lowest BCUT2D eigenvalue weighted by Gasteiger charge is -2.34. The third-order valence-electron chi connectivity index (χ3n) is 6.20. The smallest absolute Gasteiger partial charge is 0.261 e. The van der Waals surface area contributed by atoms with Crippen molar-refractivity contribution in [3.8, 4) is 5.69 Å². The number of carbonyl (C=O) groups is 3. The average molecular weight is 481 g/mol. The molecule has 35 heavy (non-hydrogen) atoms. The number of benzene rings is 2. The Morgan fingerprint density at radius 2 is 1.60 bits per heavy atom. The van der Waals surface area contributed by atoms with Gasteiger partial charge in [-0.05, 0) is 34.7 Å². The van der Waals surface area contributed by atoms with Gasteiger partial charge in [-0.15, -0.1) is 5.10 Å². The minimum Gasteiger partial charge on any atom is -0.340 e. The number of tetrazole rings is 1. The molecule has 5 rings (SSSR count). The summed E-state index contributed by atoms with van der Waals surface area (Å²) in [5.74, 6) is -2.36. The summed E-state index contributed by atoms with van der Waals surface area (Å²) in [5, 5.41) is 11.5. The fourth-order valence-electron chi connectivity index (χ4n) is 4.28. The number of carbonyl (C=O) groups excluding carboxylic acids is 3. The molecule has 1 saturated heterocycles. The molecule has 0 aliphatic carbocycles. The second kappa shape index (κ2) is 9.29. The molecule has 180 valence electrons. The van der Waals surface area contributed by atoms with Crippen LogP contribution in [-0.4, -0.2) is 85.4 Å². The lowest BCUT2D eigenvalue weighted by Crippen LogP contribution is -2.49. The van der Waals surface area contributed by atoms with Crippen molar-refractivity contribution < 1.29 is 23.2 Å². The molecule has 10 nitrogen and oxygen atoms in total. The summed E-state index contributed by atoms with van der Waals surface area (Å²) in [7, 11) is 0. The molecule has 12 heteroatoms. The zero-order chi connectivity index (χ0) is 24.5. The summed E-state index contributed by atoms with van der Waals surface area (Å²) >= 11 is 0. The highest BCUT2D eigenvalue weighted by atomic mass is 19.2. The lowest BCUT2D eigenvalue weighted by molar-refractivity contribution is -0.133. The van der Waals surface area contributed by atoms with Gasteiger partial charge in [0.15, 0.2) is 17.5 Å². The van der Waals surface area contributed by atoms with Gasteiger partial charge in [0.2, 0.25) is 5.91 Å². The molecule has 2 aliphatic heterocycles. The first kappa shape index (κ1) is 22.7. The number of halogens is 2. The molecule has 2 aliphatic rings. The van der Waals surface area contributed by atoms with Gasteiger partial charge < -0.3 is 4.90 Å². The highest BCUT2D eigenvalue weighted by Crippen LogP contribution is 2.22. The van der Waals surface area contributed by atoms with Gasteiger partial charge in [0.25, 0.3) is 11.8 Å². The normalized spacial score (nSPS) is 16.2. The SMILES string of the molecule is O=C(CCN1C(=O)c2ccccc2C1=O)N1CCN(Cc2nnnn2-c2ccc(F)c(F)c2)CC1. The summed E-state index contributed by atoms with van der Waals surface area (Å²) in [4.78, 5) is 42.5. The van der Waals surface area contributed by atoms with Crippen molar-refractivity contribution in [2.45, 2.75) is 13.0 Å². The van der Waals surface area contributed by atoms with Crippen LogP contribution in [0.1, 0.15) is 33.0 Å². The van der Waals surface area contributed by atoms with E-state index in [4.69, 9.17) is 0 Å². The molecule has 3 heterocycles. The van der Waals surface area contributed by atoms with Crippen LogP contribution in [0.2, 0.25) is 0 Å². The van der Waals surface area contributed by atoms with E-state index in [1.165, 1.54) is 10.7 Å². The molecule has 1 aromatic heterocycles. The van der Waals surface area contributed by atoms with E-state index >= 15 is 0 Å². The van der Waals surface area contributed by atoms with E-state index in [-0.39, 0.29) is 30.7 Å². The molecule has 0 unspecified atom stereocenters. The van der Waals surface area contributed by atoms with E-state index in [0.717, 1.165) is 17.0 Å². The van der Waals surface area contributed by atoms with Gasteiger partial charge in [-0.25, -0.2) is 8.78 Å². The number of hydrogen-bond acceptors (Lipinski definition) is 7. The minimum atomic E-state index is -0.989. The first-order chi connectivity index (χ1) is 16.9. The zero-order valence-electron chi connectivity index (χ0n) is 18.6. The van der Waals surface area contributed by atoms with E-state index in [1.807, 2.05) is 0 Å². The summed E-state index contributed by atoms with van der Waals surface area (Å²) in [6.07, 6.45) is 0.0554. The Morgan fingerprint density at radius 3 is 2.26 bits per heavy atom. The Hall–Kier alpha value is -4.06. The second-order valence-corrected chi connectivity index (χ2v) is 8.32. The summed E-state index contributed by atoms with van der Waals surface area (Å²) in [5.41, 5.74) is 1.04. The maximum atomic E-state index is 13.6. The standard InChI is InChI=1S/C23H21F2N7O3/c24-18-6-5-15(13-19(18)25)32-20(26-27-28-32)14-29-9-11-30(12-10-29)21(33)7-8-31-22(34)16-3-1-2-4-17(16)23(31)35/h1-6,13H,7-12,14H2. The van der Waals surface area contributed by atoms with Gasteiger partial charge in [-0.2, -0.15) is 4.68 Å². The van der Waals surface area contributed by atoms with Crippen LogP contribution in [0.15, 0.2) is 42.5 Å². The van der Waals surface area contributed by atoms with Crippen molar-refractivity contribution in [1.82, 2.24) is 34.9 Å². The first-order valence-corrected chi connectivity index (χ1v) is 11.1. The topological polar surface area (TPSA) is 105 Å². The number of aromatic nitrogens is 4. The number of fused-ring (bicyclic) bond motifs is 1. The Bertz CT molecular complexity index is 1270. The summed E-state index contributed by atoms with van der Waals surface area (Å²) < 4.78 is 28.2. The Balaban J connectivity index is 1.14. The highest BCUT2D eigenvalue weighted by Gasteiger charge is 2.35.